The monoisotopic (exact) mass is 434 g/mol. The van der Waals surface area contributed by atoms with Gasteiger partial charge in [-0.25, -0.2) is 4.68 Å². The van der Waals surface area contributed by atoms with Crippen LogP contribution in [0.4, 0.5) is 5.13 Å². The molecule has 0 fully saturated rings. The van der Waals surface area contributed by atoms with Crippen LogP contribution < -0.4 is 10.1 Å². The Labute approximate surface area is 184 Å². The van der Waals surface area contributed by atoms with E-state index in [4.69, 9.17) is 4.74 Å². The van der Waals surface area contributed by atoms with Gasteiger partial charge in [0.2, 0.25) is 5.13 Å². The first kappa shape index (κ1) is 20.7. The van der Waals surface area contributed by atoms with Gasteiger partial charge in [-0.3, -0.25) is 10.1 Å². The van der Waals surface area contributed by atoms with Crippen molar-refractivity contribution in [3.05, 3.63) is 65.4 Å². The first-order valence-corrected chi connectivity index (χ1v) is 10.6. The summed E-state index contributed by atoms with van der Waals surface area (Å²) in [5.41, 5.74) is 4.05. The molecule has 0 unspecified atom stereocenters. The van der Waals surface area contributed by atoms with Crippen molar-refractivity contribution < 1.29 is 9.53 Å². The van der Waals surface area contributed by atoms with E-state index in [0.29, 0.717) is 33.9 Å². The smallest absolute Gasteiger partial charge is 0.257 e. The molecular formula is C22H22N6O2S. The summed E-state index contributed by atoms with van der Waals surface area (Å²) in [6.45, 7) is 6.24. The maximum Gasteiger partial charge on any atom is 0.257 e. The van der Waals surface area contributed by atoms with Crippen LogP contribution in [0.3, 0.4) is 0 Å². The van der Waals surface area contributed by atoms with Crippen LogP contribution in [-0.4, -0.2) is 37.4 Å². The molecule has 31 heavy (non-hydrogen) atoms. The van der Waals surface area contributed by atoms with Crippen molar-refractivity contribution in [2.75, 3.05) is 12.4 Å². The van der Waals surface area contributed by atoms with E-state index < -0.39 is 0 Å². The first-order chi connectivity index (χ1) is 15.0. The Bertz CT molecular complexity index is 1210. The number of carbonyl (C=O) groups excluding carboxylic acids is 1. The van der Waals surface area contributed by atoms with Gasteiger partial charge in [0, 0.05) is 17.1 Å². The number of carbonyl (C=O) groups is 1. The molecular weight excluding hydrogens is 412 g/mol. The summed E-state index contributed by atoms with van der Waals surface area (Å²) in [6.07, 6.45) is 0. The van der Waals surface area contributed by atoms with Gasteiger partial charge < -0.3 is 4.74 Å². The molecule has 4 aromatic rings. The lowest BCUT2D eigenvalue weighted by Crippen LogP contribution is -2.11. The number of rotatable bonds is 6. The van der Waals surface area contributed by atoms with E-state index in [9.17, 15) is 4.79 Å². The highest BCUT2D eigenvalue weighted by molar-refractivity contribution is 7.10. The zero-order valence-corrected chi connectivity index (χ0v) is 18.5. The maximum atomic E-state index is 12.5. The molecule has 0 aliphatic rings. The Morgan fingerprint density at radius 2 is 1.94 bits per heavy atom. The summed E-state index contributed by atoms with van der Waals surface area (Å²) in [5.74, 6) is 1.21. The topological polar surface area (TPSA) is 94.8 Å². The van der Waals surface area contributed by atoms with E-state index in [0.717, 1.165) is 22.9 Å². The van der Waals surface area contributed by atoms with Crippen LogP contribution in [0.5, 0.6) is 5.75 Å². The number of ether oxygens (including phenoxy) is 1. The van der Waals surface area contributed by atoms with Gasteiger partial charge in [-0.05, 0) is 48.7 Å². The molecule has 2 aromatic carbocycles. The van der Waals surface area contributed by atoms with Crippen LogP contribution in [-0.2, 0) is 0 Å². The maximum absolute atomic E-state index is 12.5. The van der Waals surface area contributed by atoms with Gasteiger partial charge in [0.1, 0.15) is 5.75 Å². The van der Waals surface area contributed by atoms with Gasteiger partial charge in [0.25, 0.3) is 5.91 Å². The number of methoxy groups -OCH3 is 1. The summed E-state index contributed by atoms with van der Waals surface area (Å²) >= 11 is 1.09. The minimum absolute atomic E-state index is 0.285. The molecule has 0 aliphatic carbocycles. The van der Waals surface area contributed by atoms with E-state index in [1.54, 1.807) is 36.1 Å². The Morgan fingerprint density at radius 3 is 2.65 bits per heavy atom. The number of hydrogen-bond acceptors (Lipinski definition) is 7. The third kappa shape index (κ3) is 4.31. The standard InChI is InChI=1S/C22H22N6O2S/c1-13(2)15-8-10-17(11-9-15)28-14(3)19(25-27-28)20-23-22(31-26-20)24-21(29)16-6-5-7-18(12-16)30-4/h5-13H,1-4H3,(H,23,24,26,29). The number of hydrogen-bond donors (Lipinski definition) is 1. The fraction of sp³-hybridized carbons (Fsp3) is 0.227. The molecule has 2 heterocycles. The molecule has 9 heteroatoms. The zero-order valence-electron chi connectivity index (χ0n) is 17.7. The Morgan fingerprint density at radius 1 is 1.16 bits per heavy atom. The van der Waals surface area contributed by atoms with Crippen molar-refractivity contribution in [1.29, 1.82) is 0 Å². The zero-order chi connectivity index (χ0) is 22.0. The van der Waals surface area contributed by atoms with Crippen molar-refractivity contribution in [2.45, 2.75) is 26.7 Å². The van der Waals surface area contributed by atoms with Gasteiger partial charge in [0.05, 0.1) is 18.5 Å². The van der Waals surface area contributed by atoms with Crippen molar-refractivity contribution >= 4 is 22.6 Å². The molecule has 0 saturated carbocycles. The normalized spacial score (nSPS) is 11.0. The molecule has 0 radical (unpaired) electrons. The Balaban J connectivity index is 1.53. The molecule has 0 atom stereocenters. The summed E-state index contributed by atoms with van der Waals surface area (Å²) in [7, 11) is 1.56. The third-order valence-corrected chi connectivity index (χ3v) is 5.52. The van der Waals surface area contributed by atoms with Crippen molar-refractivity contribution in [1.82, 2.24) is 24.4 Å². The van der Waals surface area contributed by atoms with Crippen LogP contribution in [0.1, 0.15) is 41.4 Å². The number of benzene rings is 2. The Kier molecular flexibility index (Phi) is 5.77. The first-order valence-electron chi connectivity index (χ1n) is 9.78. The molecule has 2 aromatic heterocycles. The van der Waals surface area contributed by atoms with Crippen LogP contribution in [0.2, 0.25) is 0 Å². The van der Waals surface area contributed by atoms with Crippen LogP contribution in [0.15, 0.2) is 48.5 Å². The quantitative estimate of drug-likeness (QED) is 0.481. The summed E-state index contributed by atoms with van der Waals surface area (Å²) < 4.78 is 11.3. The number of anilines is 1. The van der Waals surface area contributed by atoms with E-state index in [1.807, 2.05) is 19.1 Å². The van der Waals surface area contributed by atoms with E-state index >= 15 is 0 Å². The molecule has 0 aliphatic heterocycles. The average Bonchev–Trinajstić information content (AvgIpc) is 3.40. The number of nitrogens with zero attached hydrogens (tertiary/aromatic N) is 5. The largest absolute Gasteiger partial charge is 0.497 e. The lowest BCUT2D eigenvalue weighted by molar-refractivity contribution is 0.102. The molecule has 1 amide bonds. The second-order valence-corrected chi connectivity index (χ2v) is 8.04. The fourth-order valence-corrected chi connectivity index (χ4v) is 3.65. The van der Waals surface area contributed by atoms with Crippen molar-refractivity contribution in [2.24, 2.45) is 0 Å². The van der Waals surface area contributed by atoms with Gasteiger partial charge in [-0.2, -0.15) is 9.36 Å². The van der Waals surface area contributed by atoms with Crippen LogP contribution in [0.25, 0.3) is 17.2 Å². The van der Waals surface area contributed by atoms with Crippen LogP contribution in [0, 0.1) is 6.92 Å². The highest BCUT2D eigenvalue weighted by atomic mass is 32.1. The minimum Gasteiger partial charge on any atom is -0.497 e. The third-order valence-electron chi connectivity index (χ3n) is 4.89. The summed E-state index contributed by atoms with van der Waals surface area (Å²) in [4.78, 5) is 16.9. The molecule has 1 N–H and O–H groups in total. The van der Waals surface area contributed by atoms with Crippen molar-refractivity contribution in [3.63, 3.8) is 0 Å². The average molecular weight is 435 g/mol. The molecule has 158 valence electrons. The summed E-state index contributed by atoms with van der Waals surface area (Å²) in [5, 5.41) is 11.7. The Hall–Kier alpha value is -3.59. The molecule has 8 nitrogen and oxygen atoms in total. The predicted octanol–water partition coefficient (Wildman–Crippen LogP) is 4.48. The lowest BCUT2D eigenvalue weighted by atomic mass is 10.0. The van der Waals surface area contributed by atoms with Gasteiger partial charge in [-0.15, -0.1) is 5.10 Å². The van der Waals surface area contributed by atoms with E-state index in [2.05, 4.69) is 51.0 Å². The SMILES string of the molecule is COc1cccc(C(=O)Nc2nc(-c3nnn(-c4ccc(C(C)C)cc4)c3C)ns2)c1. The molecule has 0 bridgehead atoms. The molecule has 0 spiro atoms. The molecule has 4 rings (SSSR count). The predicted molar refractivity (Wildman–Crippen MR) is 120 cm³/mol. The number of aromatic nitrogens is 5. The minimum atomic E-state index is -0.285. The number of nitrogens with one attached hydrogen (secondary N) is 1. The second-order valence-electron chi connectivity index (χ2n) is 7.29. The highest BCUT2D eigenvalue weighted by Crippen LogP contribution is 2.25. The summed E-state index contributed by atoms with van der Waals surface area (Å²) in [6, 6.07) is 15.1. The van der Waals surface area contributed by atoms with E-state index in [1.165, 1.54) is 5.56 Å². The van der Waals surface area contributed by atoms with Gasteiger partial charge in [-0.1, -0.05) is 37.3 Å². The van der Waals surface area contributed by atoms with Gasteiger partial charge >= 0.3 is 0 Å². The lowest BCUT2D eigenvalue weighted by Gasteiger charge is -2.07. The van der Waals surface area contributed by atoms with Crippen LogP contribution >= 0.6 is 11.5 Å². The fourth-order valence-electron chi connectivity index (χ4n) is 3.09. The van der Waals surface area contributed by atoms with Crippen molar-refractivity contribution in [3.8, 4) is 23.0 Å². The van der Waals surface area contributed by atoms with Gasteiger partial charge in [0.15, 0.2) is 11.5 Å². The highest BCUT2D eigenvalue weighted by Gasteiger charge is 2.18. The number of amides is 1. The second kappa shape index (κ2) is 8.65. The van der Waals surface area contributed by atoms with E-state index in [-0.39, 0.29) is 5.91 Å². The molecule has 0 saturated heterocycles.